The van der Waals surface area contributed by atoms with Gasteiger partial charge in [0.25, 0.3) is 0 Å². The van der Waals surface area contributed by atoms with Gasteiger partial charge in [-0.3, -0.25) is 4.79 Å². The number of Topliss-reactive ketones (excluding diaryl/α,β-unsaturated/α-hetero) is 1. The highest BCUT2D eigenvalue weighted by molar-refractivity contribution is 6.19. The van der Waals surface area contributed by atoms with Gasteiger partial charge in [-0.15, -0.1) is 11.6 Å². The van der Waals surface area contributed by atoms with E-state index in [1.54, 1.807) is 0 Å². The largest absolute Gasteiger partial charge is 0.294 e. The number of carbonyl (C=O) groups excluding carboxylic acids is 1. The fraction of sp³-hybridized carbons (Fsp3) is 0.409. The summed E-state index contributed by atoms with van der Waals surface area (Å²) >= 11 is 5.77. The highest BCUT2D eigenvalue weighted by Gasteiger charge is 2.41. The van der Waals surface area contributed by atoms with Crippen LogP contribution < -0.4 is 0 Å². The van der Waals surface area contributed by atoms with Gasteiger partial charge in [-0.25, -0.2) is 0 Å². The van der Waals surface area contributed by atoms with Gasteiger partial charge >= 0.3 is 0 Å². The Bertz CT molecular complexity index is 741. The normalized spacial score (nSPS) is 14.3. The molecule has 0 unspecified atom stereocenters. The summed E-state index contributed by atoms with van der Waals surface area (Å²) in [6.45, 7) is 4.50. The van der Waals surface area contributed by atoms with Crippen LogP contribution in [0, 0.1) is 0 Å². The summed E-state index contributed by atoms with van der Waals surface area (Å²) in [6, 6.07) is 15.0. The molecule has 1 nitrogen and oxygen atoms in total. The summed E-state index contributed by atoms with van der Waals surface area (Å²) < 4.78 is 0. The molecule has 0 aromatic heterocycles. The molecule has 0 saturated heterocycles. The molecule has 24 heavy (non-hydrogen) atoms. The number of benzene rings is 2. The number of halogens is 1. The molecule has 0 amide bonds. The van der Waals surface area contributed by atoms with E-state index in [0.29, 0.717) is 12.3 Å². The second kappa shape index (κ2) is 7.11. The molecular formula is C22H25ClO. The van der Waals surface area contributed by atoms with Crippen molar-refractivity contribution in [3.05, 3.63) is 59.2 Å². The van der Waals surface area contributed by atoms with Gasteiger partial charge in [0, 0.05) is 23.3 Å². The Balaban J connectivity index is 2.20. The van der Waals surface area contributed by atoms with E-state index < -0.39 is 0 Å². The Hall–Kier alpha value is -1.60. The number of rotatable bonds is 7. The maximum atomic E-state index is 12.4. The highest BCUT2D eigenvalue weighted by Crippen LogP contribution is 2.53. The third-order valence-corrected chi connectivity index (χ3v) is 5.45. The maximum absolute atomic E-state index is 12.4. The number of fused-ring (bicyclic) bond motifs is 3. The minimum atomic E-state index is 0.0483. The van der Waals surface area contributed by atoms with Gasteiger partial charge in [0.05, 0.1) is 0 Å². The summed E-state index contributed by atoms with van der Waals surface area (Å²) in [5.41, 5.74) is 6.27. The van der Waals surface area contributed by atoms with Crippen LogP contribution in [0.15, 0.2) is 42.5 Å². The summed E-state index contributed by atoms with van der Waals surface area (Å²) in [7, 11) is 0. The maximum Gasteiger partial charge on any atom is 0.164 e. The Morgan fingerprint density at radius 1 is 0.958 bits per heavy atom. The Kier molecular flexibility index (Phi) is 5.10. The molecule has 2 heteroatoms. The Morgan fingerprint density at radius 3 is 2.29 bits per heavy atom. The van der Waals surface area contributed by atoms with Crippen molar-refractivity contribution in [1.29, 1.82) is 0 Å². The molecule has 1 aliphatic carbocycles. The van der Waals surface area contributed by atoms with Gasteiger partial charge in [0.15, 0.2) is 5.78 Å². The predicted octanol–water partition coefficient (Wildman–Crippen LogP) is 6.36. The molecule has 126 valence electrons. The Morgan fingerprint density at radius 2 is 1.62 bits per heavy atom. The minimum absolute atomic E-state index is 0.0483. The zero-order valence-corrected chi connectivity index (χ0v) is 15.3. The molecule has 0 aliphatic heterocycles. The van der Waals surface area contributed by atoms with E-state index in [2.05, 4.69) is 50.2 Å². The van der Waals surface area contributed by atoms with Crippen LogP contribution in [0.3, 0.4) is 0 Å². The lowest BCUT2D eigenvalue weighted by Gasteiger charge is -2.32. The van der Waals surface area contributed by atoms with Crippen molar-refractivity contribution in [2.24, 2.45) is 0 Å². The monoisotopic (exact) mass is 340 g/mol. The fourth-order valence-corrected chi connectivity index (χ4v) is 4.55. The topological polar surface area (TPSA) is 17.1 Å². The van der Waals surface area contributed by atoms with Crippen LogP contribution in [0.4, 0.5) is 0 Å². The molecule has 2 aromatic carbocycles. The average molecular weight is 341 g/mol. The van der Waals surface area contributed by atoms with Crippen molar-refractivity contribution < 1.29 is 4.79 Å². The van der Waals surface area contributed by atoms with Gasteiger partial charge in [-0.05, 0) is 41.2 Å². The van der Waals surface area contributed by atoms with Crippen molar-refractivity contribution in [2.45, 2.75) is 51.4 Å². The number of carbonyl (C=O) groups is 1. The third-order valence-electron chi connectivity index (χ3n) is 5.27. The quantitative estimate of drug-likeness (QED) is 0.423. The van der Waals surface area contributed by atoms with Crippen molar-refractivity contribution in [2.75, 3.05) is 5.88 Å². The first-order valence-corrected chi connectivity index (χ1v) is 9.55. The van der Waals surface area contributed by atoms with Crippen LogP contribution in [-0.2, 0) is 5.41 Å². The van der Waals surface area contributed by atoms with Crippen molar-refractivity contribution in [3.63, 3.8) is 0 Å². The van der Waals surface area contributed by atoms with Crippen LogP contribution in [-0.4, -0.2) is 11.7 Å². The molecule has 2 aromatic rings. The van der Waals surface area contributed by atoms with Gasteiger partial charge in [-0.2, -0.15) is 0 Å². The second-order valence-corrected chi connectivity index (χ2v) is 7.13. The van der Waals surface area contributed by atoms with Crippen LogP contribution in [0.1, 0.15) is 67.4 Å². The number of hydrogen-bond acceptors (Lipinski definition) is 1. The first-order valence-electron chi connectivity index (χ1n) is 9.01. The van der Waals surface area contributed by atoms with E-state index in [1.165, 1.54) is 22.3 Å². The molecule has 3 rings (SSSR count). The first-order chi connectivity index (χ1) is 11.7. The van der Waals surface area contributed by atoms with E-state index in [1.807, 2.05) is 6.07 Å². The molecular weight excluding hydrogens is 316 g/mol. The third kappa shape index (κ3) is 2.69. The lowest BCUT2D eigenvalue weighted by molar-refractivity contribution is 0.0989. The summed E-state index contributed by atoms with van der Waals surface area (Å²) in [4.78, 5) is 12.4. The molecule has 0 N–H and O–H groups in total. The van der Waals surface area contributed by atoms with Crippen LogP contribution in [0.5, 0.6) is 0 Å². The van der Waals surface area contributed by atoms with Gasteiger partial charge < -0.3 is 0 Å². The summed E-state index contributed by atoms with van der Waals surface area (Å²) in [5, 5.41) is 0. The van der Waals surface area contributed by atoms with E-state index in [-0.39, 0.29) is 11.2 Å². The van der Waals surface area contributed by atoms with Crippen molar-refractivity contribution >= 4 is 17.4 Å². The molecule has 0 fully saturated rings. The molecule has 0 heterocycles. The fourth-order valence-electron chi connectivity index (χ4n) is 4.38. The molecule has 0 saturated carbocycles. The average Bonchev–Trinajstić information content (AvgIpc) is 2.86. The van der Waals surface area contributed by atoms with Gasteiger partial charge in [0.1, 0.15) is 0 Å². The first kappa shape index (κ1) is 17.2. The number of ketones is 1. The predicted molar refractivity (Wildman–Crippen MR) is 102 cm³/mol. The minimum Gasteiger partial charge on any atom is -0.294 e. The van der Waals surface area contributed by atoms with E-state index in [9.17, 15) is 4.79 Å². The second-order valence-electron chi connectivity index (χ2n) is 6.75. The summed E-state index contributed by atoms with van der Waals surface area (Å²) in [6.07, 6.45) is 4.92. The molecule has 0 bridgehead atoms. The smallest absolute Gasteiger partial charge is 0.164 e. The van der Waals surface area contributed by atoms with E-state index >= 15 is 0 Å². The lowest BCUT2D eigenvalue weighted by atomic mass is 9.71. The van der Waals surface area contributed by atoms with Crippen LogP contribution in [0.25, 0.3) is 11.1 Å². The SMILES string of the molecule is CCCC1(CCC)c2ccccc2-c2ccc(C(=O)CCCl)cc21. The standard InChI is InChI=1S/C22H25ClO/c1-3-12-22(13-4-2)19-8-6-5-7-17(19)18-10-9-16(15-20(18)22)21(24)11-14-23/h5-10,15H,3-4,11-14H2,1-2H3. The lowest BCUT2D eigenvalue weighted by Crippen LogP contribution is -2.25. The molecule has 0 atom stereocenters. The zero-order valence-electron chi connectivity index (χ0n) is 14.6. The number of hydrogen-bond donors (Lipinski definition) is 0. The van der Waals surface area contributed by atoms with E-state index in [4.69, 9.17) is 11.6 Å². The van der Waals surface area contributed by atoms with E-state index in [0.717, 1.165) is 31.2 Å². The molecule has 0 spiro atoms. The van der Waals surface area contributed by atoms with Gasteiger partial charge in [-0.1, -0.05) is 63.1 Å². The highest BCUT2D eigenvalue weighted by atomic mass is 35.5. The molecule has 1 aliphatic rings. The Labute approximate surface area is 150 Å². The number of alkyl halides is 1. The van der Waals surface area contributed by atoms with Crippen LogP contribution >= 0.6 is 11.6 Å². The molecule has 0 radical (unpaired) electrons. The zero-order chi connectivity index (χ0) is 17.2. The summed E-state index contributed by atoms with van der Waals surface area (Å²) in [5.74, 6) is 0.524. The van der Waals surface area contributed by atoms with Crippen molar-refractivity contribution in [3.8, 4) is 11.1 Å². The van der Waals surface area contributed by atoms with Crippen LogP contribution in [0.2, 0.25) is 0 Å². The van der Waals surface area contributed by atoms with Crippen molar-refractivity contribution in [1.82, 2.24) is 0 Å². The van der Waals surface area contributed by atoms with Gasteiger partial charge in [0.2, 0.25) is 0 Å².